The van der Waals surface area contributed by atoms with Gasteiger partial charge in [0.15, 0.2) is 5.57 Å². The van der Waals surface area contributed by atoms with Crippen molar-refractivity contribution in [2.45, 2.75) is 19.6 Å². The van der Waals surface area contributed by atoms with Crippen LogP contribution in [0.2, 0.25) is 10.0 Å². The highest BCUT2D eigenvalue weighted by molar-refractivity contribution is 6.35. The molecule has 1 aromatic rings. The molecule has 1 saturated heterocycles. The van der Waals surface area contributed by atoms with Crippen LogP contribution >= 0.6 is 23.2 Å². The van der Waals surface area contributed by atoms with Crippen molar-refractivity contribution in [3.05, 3.63) is 45.6 Å². The number of carbonyl (C=O) groups excluding carboxylic acids is 3. The van der Waals surface area contributed by atoms with E-state index in [0.29, 0.717) is 0 Å². The molecule has 0 radical (unpaired) electrons. The van der Waals surface area contributed by atoms with Gasteiger partial charge in [-0.15, -0.1) is 0 Å². The molecule has 1 heterocycles. The van der Waals surface area contributed by atoms with Gasteiger partial charge in [-0.25, -0.2) is 9.59 Å². The third-order valence-electron chi connectivity index (χ3n) is 2.59. The highest BCUT2D eigenvalue weighted by atomic mass is 35.5. The van der Waals surface area contributed by atoms with Gasteiger partial charge in [-0.05, 0) is 18.2 Å². The van der Waals surface area contributed by atoms with Gasteiger partial charge in [-0.3, -0.25) is 4.79 Å². The summed E-state index contributed by atoms with van der Waals surface area (Å²) >= 11 is 11.6. The molecule has 0 bridgehead atoms. The fourth-order valence-corrected chi connectivity index (χ4v) is 2.21. The van der Waals surface area contributed by atoms with E-state index in [-0.39, 0.29) is 15.6 Å². The number of halogens is 2. The average Bonchev–Trinajstić information content (AvgIpc) is 2.34. The zero-order valence-corrected chi connectivity index (χ0v) is 13.1. The lowest BCUT2D eigenvalue weighted by Crippen LogP contribution is -2.42. The fraction of sp³-hybridized carbons (Fsp3) is 0.214. The van der Waals surface area contributed by atoms with Gasteiger partial charge in [0.1, 0.15) is 0 Å². The molecule has 0 unspecified atom stereocenters. The molecule has 6 nitrogen and oxygen atoms in total. The van der Waals surface area contributed by atoms with E-state index >= 15 is 0 Å². The van der Waals surface area contributed by atoms with Crippen LogP contribution in [0.3, 0.4) is 0 Å². The van der Waals surface area contributed by atoms with E-state index in [0.717, 1.165) is 6.20 Å². The Bertz CT molecular complexity index is 654. The number of hydrogen-bond donors (Lipinski definition) is 1. The Morgan fingerprint density at radius 2 is 1.59 bits per heavy atom. The maximum Gasteiger partial charge on any atom is 0.350 e. The van der Waals surface area contributed by atoms with Gasteiger partial charge < -0.3 is 14.8 Å². The van der Waals surface area contributed by atoms with E-state index in [1.165, 1.54) is 32.0 Å². The smallest absolute Gasteiger partial charge is 0.350 e. The SMILES string of the molecule is CC1(C)OC(=O)C(=CNC(=O)c2cc(Cl)cc(Cl)c2)C(=O)O1. The van der Waals surface area contributed by atoms with Gasteiger partial charge in [0.05, 0.1) is 0 Å². The van der Waals surface area contributed by atoms with Crippen LogP contribution in [0.15, 0.2) is 30.0 Å². The summed E-state index contributed by atoms with van der Waals surface area (Å²) < 4.78 is 9.78. The van der Waals surface area contributed by atoms with Crippen molar-refractivity contribution >= 4 is 41.0 Å². The van der Waals surface area contributed by atoms with Crippen LogP contribution in [0.5, 0.6) is 0 Å². The minimum absolute atomic E-state index is 0.173. The molecular formula is C14H11Cl2NO5. The minimum Gasteiger partial charge on any atom is -0.419 e. The summed E-state index contributed by atoms with van der Waals surface area (Å²) in [7, 11) is 0. The summed E-state index contributed by atoms with van der Waals surface area (Å²) in [6.07, 6.45) is 0.928. The number of benzene rings is 1. The molecule has 1 fully saturated rings. The summed E-state index contributed by atoms with van der Waals surface area (Å²) in [6, 6.07) is 4.25. The number of amides is 1. The van der Waals surface area contributed by atoms with Crippen molar-refractivity contribution in [2.24, 2.45) is 0 Å². The standard InChI is InChI=1S/C14H11Cl2NO5/c1-14(2)21-12(19)10(13(20)22-14)6-17-11(18)7-3-8(15)5-9(16)4-7/h3-6H,1-2H3,(H,17,18). The molecule has 0 spiro atoms. The molecule has 1 amide bonds. The van der Waals surface area contributed by atoms with Crippen molar-refractivity contribution in [1.82, 2.24) is 5.32 Å². The first-order valence-electron chi connectivity index (χ1n) is 6.12. The Hall–Kier alpha value is -2.05. The molecular weight excluding hydrogens is 333 g/mol. The van der Waals surface area contributed by atoms with Crippen molar-refractivity contribution in [3.8, 4) is 0 Å². The number of cyclic esters (lactones) is 2. The monoisotopic (exact) mass is 343 g/mol. The van der Waals surface area contributed by atoms with Gasteiger partial charge in [0, 0.05) is 35.7 Å². The van der Waals surface area contributed by atoms with Gasteiger partial charge in [0.2, 0.25) is 0 Å². The third kappa shape index (κ3) is 3.78. The van der Waals surface area contributed by atoms with E-state index in [9.17, 15) is 14.4 Å². The van der Waals surface area contributed by atoms with Crippen LogP contribution in [0.4, 0.5) is 0 Å². The molecule has 22 heavy (non-hydrogen) atoms. The van der Waals surface area contributed by atoms with Gasteiger partial charge >= 0.3 is 11.9 Å². The van der Waals surface area contributed by atoms with E-state index in [2.05, 4.69) is 5.32 Å². The number of nitrogens with one attached hydrogen (secondary N) is 1. The largest absolute Gasteiger partial charge is 0.419 e. The second-order valence-electron chi connectivity index (χ2n) is 4.87. The zero-order valence-electron chi connectivity index (χ0n) is 11.6. The van der Waals surface area contributed by atoms with E-state index in [1.54, 1.807) is 0 Å². The van der Waals surface area contributed by atoms with Crippen molar-refractivity contribution in [2.75, 3.05) is 0 Å². The van der Waals surface area contributed by atoms with Crippen LogP contribution in [0.25, 0.3) is 0 Å². The number of hydrogen-bond acceptors (Lipinski definition) is 5. The summed E-state index contributed by atoms with van der Waals surface area (Å²) in [6.45, 7) is 2.85. The number of rotatable bonds is 2. The predicted molar refractivity (Wildman–Crippen MR) is 78.3 cm³/mol. The minimum atomic E-state index is -1.34. The lowest BCUT2D eigenvalue weighted by molar-refractivity contribution is -0.222. The quantitative estimate of drug-likeness (QED) is 0.506. The fourth-order valence-electron chi connectivity index (χ4n) is 1.68. The van der Waals surface area contributed by atoms with E-state index in [1.807, 2.05) is 0 Å². The molecule has 1 aliphatic heterocycles. The molecule has 1 aliphatic rings. The van der Waals surface area contributed by atoms with E-state index < -0.39 is 29.2 Å². The summed E-state index contributed by atoms with van der Waals surface area (Å²) in [5, 5.41) is 2.85. The van der Waals surface area contributed by atoms with Crippen LogP contribution in [0.1, 0.15) is 24.2 Å². The first-order chi connectivity index (χ1) is 10.2. The van der Waals surface area contributed by atoms with Crippen LogP contribution in [0, 0.1) is 0 Å². The molecule has 2 rings (SSSR count). The maximum atomic E-state index is 12.0. The maximum absolute atomic E-state index is 12.0. The van der Waals surface area contributed by atoms with Gasteiger partial charge in [0.25, 0.3) is 11.7 Å². The Labute approximate surface area is 136 Å². The summed E-state index contributed by atoms with van der Waals surface area (Å²) in [4.78, 5) is 35.3. The Morgan fingerprint density at radius 3 is 2.09 bits per heavy atom. The second-order valence-corrected chi connectivity index (χ2v) is 5.74. The Morgan fingerprint density at radius 1 is 1.09 bits per heavy atom. The molecule has 0 saturated carbocycles. The third-order valence-corrected chi connectivity index (χ3v) is 3.03. The first kappa shape index (κ1) is 16.3. The normalized spacial score (nSPS) is 16.6. The molecule has 0 atom stereocenters. The Kier molecular flexibility index (Phi) is 4.44. The van der Waals surface area contributed by atoms with Crippen LogP contribution in [-0.2, 0) is 19.1 Å². The second kappa shape index (κ2) is 5.98. The highest BCUT2D eigenvalue weighted by Gasteiger charge is 2.39. The van der Waals surface area contributed by atoms with Crippen LogP contribution in [-0.4, -0.2) is 23.6 Å². The topological polar surface area (TPSA) is 81.7 Å². The average molecular weight is 344 g/mol. The molecule has 1 aromatic carbocycles. The zero-order chi connectivity index (χ0) is 16.5. The Balaban J connectivity index is 2.16. The molecule has 0 aliphatic carbocycles. The molecule has 116 valence electrons. The lowest BCUT2D eigenvalue weighted by atomic mass is 10.2. The predicted octanol–water partition coefficient (Wildman–Crippen LogP) is 2.44. The number of carbonyl (C=O) groups is 3. The van der Waals surface area contributed by atoms with E-state index in [4.69, 9.17) is 32.7 Å². The van der Waals surface area contributed by atoms with Crippen molar-refractivity contribution in [1.29, 1.82) is 0 Å². The van der Waals surface area contributed by atoms with Gasteiger partial charge in [-0.2, -0.15) is 0 Å². The number of esters is 2. The molecule has 1 N–H and O–H groups in total. The van der Waals surface area contributed by atoms with Crippen molar-refractivity contribution < 1.29 is 23.9 Å². The summed E-state index contributed by atoms with van der Waals surface area (Å²) in [5.41, 5.74) is -0.243. The molecule has 0 aromatic heterocycles. The van der Waals surface area contributed by atoms with Gasteiger partial charge in [-0.1, -0.05) is 23.2 Å². The van der Waals surface area contributed by atoms with Crippen molar-refractivity contribution in [3.63, 3.8) is 0 Å². The number of ether oxygens (including phenoxy) is 2. The van der Waals surface area contributed by atoms with Crippen LogP contribution < -0.4 is 5.32 Å². The molecule has 8 heteroatoms. The summed E-state index contributed by atoms with van der Waals surface area (Å²) in [5.74, 6) is -3.70. The highest BCUT2D eigenvalue weighted by Crippen LogP contribution is 2.22. The first-order valence-corrected chi connectivity index (χ1v) is 6.87. The lowest BCUT2D eigenvalue weighted by Gasteiger charge is -2.29.